The van der Waals surface area contributed by atoms with E-state index in [1.165, 1.54) is 12.1 Å². The molecule has 106 valence electrons. The summed E-state index contributed by atoms with van der Waals surface area (Å²) >= 11 is 0. The average molecular weight is 271 g/mol. The fourth-order valence-electron chi connectivity index (χ4n) is 2.09. The number of carbonyl (C=O) groups is 1. The lowest BCUT2D eigenvalue weighted by atomic mass is 9.87. The molecule has 5 heteroatoms. The monoisotopic (exact) mass is 271 g/mol. The molecule has 0 amide bonds. The van der Waals surface area contributed by atoms with Crippen LogP contribution in [-0.4, -0.2) is 17.6 Å². The van der Waals surface area contributed by atoms with E-state index >= 15 is 0 Å². The van der Waals surface area contributed by atoms with Crippen molar-refractivity contribution in [3.63, 3.8) is 0 Å². The Kier molecular flexibility index (Phi) is 5.89. The van der Waals surface area contributed by atoms with Gasteiger partial charge in [0.25, 0.3) is 0 Å². The maximum atomic E-state index is 13.5. The third-order valence-electron chi connectivity index (χ3n) is 3.35. The van der Waals surface area contributed by atoms with E-state index < -0.39 is 23.5 Å². The van der Waals surface area contributed by atoms with Gasteiger partial charge in [0.1, 0.15) is 11.6 Å². The highest BCUT2D eigenvalue weighted by Gasteiger charge is 2.21. The minimum absolute atomic E-state index is 0.0182. The summed E-state index contributed by atoms with van der Waals surface area (Å²) in [7, 11) is 0. The van der Waals surface area contributed by atoms with Crippen LogP contribution >= 0.6 is 0 Å². The van der Waals surface area contributed by atoms with Crippen LogP contribution in [0, 0.1) is 23.5 Å². The normalized spacial score (nSPS) is 14.1. The SMILES string of the molecule is CC[C@H](Cc1ccc(F)cc1F)C[C@@H](CN)C(=O)O. The zero-order valence-electron chi connectivity index (χ0n) is 10.9. The maximum absolute atomic E-state index is 13.5. The highest BCUT2D eigenvalue weighted by atomic mass is 19.1. The Morgan fingerprint density at radius 1 is 1.42 bits per heavy atom. The van der Waals surface area contributed by atoms with Crippen molar-refractivity contribution in [3.05, 3.63) is 35.4 Å². The van der Waals surface area contributed by atoms with E-state index in [1.807, 2.05) is 6.92 Å². The van der Waals surface area contributed by atoms with Crippen LogP contribution in [0.5, 0.6) is 0 Å². The number of carboxylic acids is 1. The number of halogens is 2. The first kappa shape index (κ1) is 15.6. The molecule has 0 unspecified atom stereocenters. The van der Waals surface area contributed by atoms with E-state index in [1.54, 1.807) is 0 Å². The molecule has 0 fully saturated rings. The quantitative estimate of drug-likeness (QED) is 0.801. The molecule has 0 bridgehead atoms. The zero-order valence-corrected chi connectivity index (χ0v) is 10.9. The molecule has 0 spiro atoms. The van der Waals surface area contributed by atoms with Crippen molar-refractivity contribution in [3.8, 4) is 0 Å². The van der Waals surface area contributed by atoms with Crippen LogP contribution in [0.3, 0.4) is 0 Å². The number of benzene rings is 1. The standard InChI is InChI=1S/C14H19F2NO2/c1-2-9(6-11(8-17)14(18)19)5-10-3-4-12(15)7-13(10)16/h3-4,7,9,11H,2,5-6,8,17H2,1H3,(H,18,19)/t9-,11+/m1/s1. The van der Waals surface area contributed by atoms with Crippen molar-refractivity contribution in [1.29, 1.82) is 0 Å². The third-order valence-corrected chi connectivity index (χ3v) is 3.35. The van der Waals surface area contributed by atoms with Crippen LogP contribution in [0.15, 0.2) is 18.2 Å². The Bertz CT molecular complexity index is 437. The molecule has 0 aliphatic carbocycles. The van der Waals surface area contributed by atoms with Gasteiger partial charge in [0.15, 0.2) is 0 Å². The molecule has 0 aliphatic heterocycles. The summed E-state index contributed by atoms with van der Waals surface area (Å²) in [6, 6.07) is 3.47. The molecule has 0 aromatic heterocycles. The van der Waals surface area contributed by atoms with Gasteiger partial charge in [-0.3, -0.25) is 4.79 Å². The Morgan fingerprint density at radius 2 is 2.11 bits per heavy atom. The highest BCUT2D eigenvalue weighted by Crippen LogP contribution is 2.22. The molecule has 0 aliphatic rings. The second kappa shape index (κ2) is 7.19. The fourth-order valence-corrected chi connectivity index (χ4v) is 2.09. The van der Waals surface area contributed by atoms with Gasteiger partial charge in [-0.1, -0.05) is 19.4 Å². The molecule has 1 rings (SSSR count). The van der Waals surface area contributed by atoms with Crippen LogP contribution < -0.4 is 5.73 Å². The van der Waals surface area contributed by atoms with Gasteiger partial charge in [-0.05, 0) is 30.4 Å². The Morgan fingerprint density at radius 3 is 2.58 bits per heavy atom. The van der Waals surface area contributed by atoms with Crippen LogP contribution in [0.1, 0.15) is 25.3 Å². The van der Waals surface area contributed by atoms with Crippen molar-refractivity contribution >= 4 is 5.97 Å². The van der Waals surface area contributed by atoms with Gasteiger partial charge in [-0.25, -0.2) is 8.78 Å². The van der Waals surface area contributed by atoms with E-state index in [2.05, 4.69) is 0 Å². The van der Waals surface area contributed by atoms with Crippen molar-refractivity contribution in [2.24, 2.45) is 17.6 Å². The average Bonchev–Trinajstić information content (AvgIpc) is 2.36. The molecule has 0 saturated heterocycles. The van der Waals surface area contributed by atoms with Gasteiger partial charge in [0, 0.05) is 12.6 Å². The predicted octanol–water partition coefficient (Wildman–Crippen LogP) is 2.58. The molecular weight excluding hydrogens is 252 g/mol. The molecule has 1 aromatic carbocycles. The summed E-state index contributed by atoms with van der Waals surface area (Å²) in [6.07, 6.45) is 1.52. The number of hydrogen-bond donors (Lipinski definition) is 2. The number of hydrogen-bond acceptors (Lipinski definition) is 2. The Balaban J connectivity index is 2.73. The van der Waals surface area contributed by atoms with E-state index in [0.29, 0.717) is 18.4 Å². The first-order valence-electron chi connectivity index (χ1n) is 6.34. The fraction of sp³-hybridized carbons (Fsp3) is 0.500. The van der Waals surface area contributed by atoms with Gasteiger partial charge in [-0.2, -0.15) is 0 Å². The lowest BCUT2D eigenvalue weighted by molar-refractivity contribution is -0.142. The van der Waals surface area contributed by atoms with Crippen molar-refractivity contribution in [2.75, 3.05) is 6.54 Å². The van der Waals surface area contributed by atoms with Gasteiger partial charge < -0.3 is 10.8 Å². The van der Waals surface area contributed by atoms with Gasteiger partial charge in [0.2, 0.25) is 0 Å². The Hall–Kier alpha value is -1.49. The zero-order chi connectivity index (χ0) is 14.4. The summed E-state index contributed by atoms with van der Waals surface area (Å²) in [4.78, 5) is 10.9. The van der Waals surface area contributed by atoms with Crippen molar-refractivity contribution in [2.45, 2.75) is 26.2 Å². The van der Waals surface area contributed by atoms with Crippen molar-refractivity contribution < 1.29 is 18.7 Å². The number of nitrogens with two attached hydrogens (primary N) is 1. The van der Waals surface area contributed by atoms with Crippen LogP contribution in [0.4, 0.5) is 8.78 Å². The first-order valence-corrected chi connectivity index (χ1v) is 6.34. The minimum atomic E-state index is -0.930. The Labute approximate surface area is 111 Å². The van der Waals surface area contributed by atoms with E-state index in [-0.39, 0.29) is 12.5 Å². The highest BCUT2D eigenvalue weighted by molar-refractivity contribution is 5.70. The predicted molar refractivity (Wildman–Crippen MR) is 68.6 cm³/mol. The lowest BCUT2D eigenvalue weighted by Gasteiger charge is -2.19. The molecule has 19 heavy (non-hydrogen) atoms. The minimum Gasteiger partial charge on any atom is -0.481 e. The summed E-state index contributed by atoms with van der Waals surface area (Å²) in [6.45, 7) is 1.99. The summed E-state index contributed by atoms with van der Waals surface area (Å²) in [5.74, 6) is -2.73. The summed E-state index contributed by atoms with van der Waals surface area (Å²) in [5.41, 5.74) is 5.83. The van der Waals surface area contributed by atoms with E-state index in [4.69, 9.17) is 10.8 Å². The molecule has 3 nitrogen and oxygen atoms in total. The van der Waals surface area contributed by atoms with E-state index in [0.717, 1.165) is 12.5 Å². The van der Waals surface area contributed by atoms with Gasteiger partial charge in [0.05, 0.1) is 5.92 Å². The molecule has 1 aromatic rings. The molecule has 0 radical (unpaired) electrons. The molecule has 3 N–H and O–H groups in total. The smallest absolute Gasteiger partial charge is 0.307 e. The second-order valence-corrected chi connectivity index (χ2v) is 4.72. The maximum Gasteiger partial charge on any atom is 0.307 e. The molecular formula is C14H19F2NO2. The first-order chi connectivity index (χ1) is 8.97. The van der Waals surface area contributed by atoms with Crippen LogP contribution in [0.25, 0.3) is 0 Å². The summed E-state index contributed by atoms with van der Waals surface area (Å²) < 4.78 is 26.3. The number of aliphatic carboxylic acids is 1. The van der Waals surface area contributed by atoms with Gasteiger partial charge in [-0.15, -0.1) is 0 Å². The van der Waals surface area contributed by atoms with Crippen molar-refractivity contribution in [1.82, 2.24) is 0 Å². The van der Waals surface area contributed by atoms with Gasteiger partial charge >= 0.3 is 5.97 Å². The lowest BCUT2D eigenvalue weighted by Crippen LogP contribution is -2.26. The largest absolute Gasteiger partial charge is 0.481 e. The number of carboxylic acid groups (broad SMARTS) is 1. The van der Waals surface area contributed by atoms with Crippen LogP contribution in [0.2, 0.25) is 0 Å². The van der Waals surface area contributed by atoms with E-state index in [9.17, 15) is 13.6 Å². The topological polar surface area (TPSA) is 63.3 Å². The van der Waals surface area contributed by atoms with Crippen LogP contribution in [-0.2, 0) is 11.2 Å². The summed E-state index contributed by atoms with van der Waals surface area (Å²) in [5, 5.41) is 8.97. The molecule has 0 saturated carbocycles. The molecule has 0 heterocycles. The molecule has 2 atom stereocenters. The second-order valence-electron chi connectivity index (χ2n) is 4.72. The number of rotatable bonds is 7. The third kappa shape index (κ3) is 4.59.